The van der Waals surface area contributed by atoms with Crippen LogP contribution in [0.5, 0.6) is 0 Å². The summed E-state index contributed by atoms with van der Waals surface area (Å²) in [4.78, 5) is 4.58. The molecule has 0 fully saturated rings. The molecule has 1 heterocycles. The Labute approximate surface area is 111 Å². The molecule has 2 N–H and O–H groups in total. The largest absolute Gasteiger partial charge is 0.318 e. The molecule has 1 aromatic carbocycles. The topological polar surface area (TPSA) is 38.9 Å². The number of aromatic nitrogens is 1. The Kier molecular flexibility index (Phi) is 3.50. The number of hydrogen-bond donors (Lipinski definition) is 1. The number of nitrogens with zero attached hydrogens (tertiary/aromatic N) is 1. The van der Waals surface area contributed by atoms with Crippen molar-refractivity contribution in [3.63, 3.8) is 0 Å². The maximum atomic E-state index is 12.9. The van der Waals surface area contributed by atoms with E-state index in [1.807, 2.05) is 5.38 Å². The summed E-state index contributed by atoms with van der Waals surface area (Å²) in [5, 5.41) is 2.91. The first-order chi connectivity index (χ1) is 8.38. The number of nitrogens with two attached hydrogens (primary N) is 1. The zero-order valence-electron chi connectivity index (χ0n) is 10.8. The van der Waals surface area contributed by atoms with Crippen molar-refractivity contribution in [2.45, 2.75) is 32.2 Å². The van der Waals surface area contributed by atoms with Crippen LogP contribution < -0.4 is 5.73 Å². The summed E-state index contributed by atoms with van der Waals surface area (Å²) in [5.74, 6) is -0.250. The Morgan fingerprint density at radius 1 is 1.22 bits per heavy atom. The van der Waals surface area contributed by atoms with Gasteiger partial charge in [-0.3, -0.25) is 0 Å². The van der Waals surface area contributed by atoms with Crippen molar-refractivity contribution in [3.05, 3.63) is 51.7 Å². The fourth-order valence-corrected chi connectivity index (χ4v) is 2.66. The molecule has 4 heteroatoms. The monoisotopic (exact) mass is 264 g/mol. The van der Waals surface area contributed by atoms with Crippen LogP contribution in [0, 0.1) is 5.82 Å². The maximum Gasteiger partial charge on any atom is 0.123 e. The lowest BCUT2D eigenvalue weighted by molar-refractivity contribution is 0.569. The van der Waals surface area contributed by atoms with Gasteiger partial charge in [0, 0.05) is 10.8 Å². The number of halogens is 1. The van der Waals surface area contributed by atoms with E-state index < -0.39 is 0 Å². The van der Waals surface area contributed by atoms with Crippen molar-refractivity contribution in [1.82, 2.24) is 4.98 Å². The lowest BCUT2D eigenvalue weighted by Gasteiger charge is -2.15. The van der Waals surface area contributed by atoms with Gasteiger partial charge in [-0.25, -0.2) is 9.37 Å². The molecule has 0 saturated heterocycles. The van der Waals surface area contributed by atoms with E-state index in [4.69, 9.17) is 5.73 Å². The molecule has 0 aliphatic heterocycles. The third-order valence-electron chi connectivity index (χ3n) is 2.79. The van der Waals surface area contributed by atoms with Crippen molar-refractivity contribution < 1.29 is 4.39 Å². The zero-order valence-corrected chi connectivity index (χ0v) is 11.6. The third-order valence-corrected chi connectivity index (χ3v) is 3.71. The highest BCUT2D eigenvalue weighted by molar-refractivity contribution is 7.09. The molecule has 1 aromatic heterocycles. The van der Waals surface area contributed by atoms with E-state index in [0.29, 0.717) is 0 Å². The summed E-state index contributed by atoms with van der Waals surface area (Å²) in [6.07, 6.45) is 0. The van der Waals surface area contributed by atoms with Crippen LogP contribution in [0.4, 0.5) is 4.39 Å². The van der Waals surface area contributed by atoms with Gasteiger partial charge >= 0.3 is 0 Å². The summed E-state index contributed by atoms with van der Waals surface area (Å²) in [6.45, 7) is 6.36. The third kappa shape index (κ3) is 2.76. The molecule has 1 atom stereocenters. The minimum atomic E-state index is -0.285. The average Bonchev–Trinajstić information content (AvgIpc) is 2.78. The van der Waals surface area contributed by atoms with Crippen LogP contribution in [0.2, 0.25) is 0 Å². The Bertz CT molecular complexity index is 525. The second kappa shape index (κ2) is 4.78. The molecule has 0 bridgehead atoms. The van der Waals surface area contributed by atoms with Crippen molar-refractivity contribution in [1.29, 1.82) is 0 Å². The highest BCUT2D eigenvalue weighted by atomic mass is 32.1. The highest BCUT2D eigenvalue weighted by Crippen LogP contribution is 2.28. The van der Waals surface area contributed by atoms with Crippen molar-refractivity contribution in [2.24, 2.45) is 5.73 Å². The zero-order chi connectivity index (χ0) is 13.3. The van der Waals surface area contributed by atoms with Crippen molar-refractivity contribution in [3.8, 4) is 0 Å². The van der Waals surface area contributed by atoms with Gasteiger partial charge in [0.25, 0.3) is 0 Å². The molecule has 2 aromatic rings. The highest BCUT2D eigenvalue weighted by Gasteiger charge is 2.20. The molecule has 1 unspecified atom stereocenters. The Hall–Kier alpha value is -1.26. The van der Waals surface area contributed by atoms with Gasteiger partial charge in [0.1, 0.15) is 10.8 Å². The van der Waals surface area contributed by atoms with Gasteiger partial charge in [-0.15, -0.1) is 11.3 Å². The molecular formula is C14H17FN2S. The quantitative estimate of drug-likeness (QED) is 0.899. The van der Waals surface area contributed by atoms with E-state index in [0.717, 1.165) is 16.3 Å². The first-order valence-corrected chi connectivity index (χ1v) is 6.73. The van der Waals surface area contributed by atoms with Crippen LogP contribution in [0.3, 0.4) is 0 Å². The van der Waals surface area contributed by atoms with Gasteiger partial charge in [-0.05, 0) is 17.7 Å². The van der Waals surface area contributed by atoms with Gasteiger partial charge in [0.2, 0.25) is 0 Å². The fraction of sp³-hybridized carbons (Fsp3) is 0.357. The lowest BCUT2D eigenvalue weighted by atomic mass is 9.93. The molecule has 0 saturated carbocycles. The summed E-state index contributed by atoms with van der Waals surface area (Å²) < 4.78 is 12.9. The second-order valence-corrected chi connectivity index (χ2v) is 6.24. The molecular weight excluding hydrogens is 247 g/mol. The first kappa shape index (κ1) is 13.2. The molecule has 0 spiro atoms. The van der Waals surface area contributed by atoms with Crippen LogP contribution in [-0.2, 0) is 5.41 Å². The molecule has 0 radical (unpaired) electrons. The number of hydrogen-bond acceptors (Lipinski definition) is 3. The average molecular weight is 264 g/mol. The number of benzene rings is 1. The molecule has 0 aliphatic rings. The summed E-state index contributed by atoms with van der Waals surface area (Å²) in [5.41, 5.74) is 8.10. The molecule has 0 amide bonds. The fourth-order valence-electron chi connectivity index (χ4n) is 1.59. The number of rotatable bonds is 2. The lowest BCUT2D eigenvalue weighted by Crippen LogP contribution is -2.15. The standard InChI is InChI=1S/C14H17FN2S/c1-14(2,3)11-8-18-13(17-11)12(16)9-4-6-10(15)7-5-9/h4-8,12H,16H2,1-3H3. The number of thiazole rings is 1. The Balaban J connectivity index is 2.26. The minimum absolute atomic E-state index is 0.0251. The minimum Gasteiger partial charge on any atom is -0.318 e. The summed E-state index contributed by atoms with van der Waals surface area (Å²) in [7, 11) is 0. The van der Waals surface area contributed by atoms with E-state index in [2.05, 4.69) is 25.8 Å². The van der Waals surface area contributed by atoms with E-state index in [1.165, 1.54) is 12.1 Å². The first-order valence-electron chi connectivity index (χ1n) is 5.85. The van der Waals surface area contributed by atoms with Gasteiger partial charge in [0.15, 0.2) is 0 Å². The smallest absolute Gasteiger partial charge is 0.123 e. The molecule has 96 valence electrons. The molecule has 0 aliphatic carbocycles. The van der Waals surface area contributed by atoms with Crippen molar-refractivity contribution >= 4 is 11.3 Å². The van der Waals surface area contributed by atoms with Gasteiger partial charge < -0.3 is 5.73 Å². The van der Waals surface area contributed by atoms with Gasteiger partial charge in [-0.1, -0.05) is 32.9 Å². The summed E-state index contributed by atoms with van der Waals surface area (Å²) >= 11 is 1.55. The molecule has 2 rings (SSSR count). The molecule has 2 nitrogen and oxygen atoms in total. The SMILES string of the molecule is CC(C)(C)c1csc(C(N)c2ccc(F)cc2)n1. The van der Waals surface area contributed by atoms with Crippen LogP contribution in [0.1, 0.15) is 43.1 Å². The van der Waals surface area contributed by atoms with E-state index in [-0.39, 0.29) is 17.3 Å². The maximum absolute atomic E-state index is 12.9. The second-order valence-electron chi connectivity index (χ2n) is 5.35. The van der Waals surface area contributed by atoms with Crippen LogP contribution in [-0.4, -0.2) is 4.98 Å². The Morgan fingerprint density at radius 3 is 2.33 bits per heavy atom. The van der Waals surface area contributed by atoms with Gasteiger partial charge in [0.05, 0.1) is 11.7 Å². The predicted octanol–water partition coefficient (Wildman–Crippen LogP) is 3.63. The molecule has 18 heavy (non-hydrogen) atoms. The Morgan fingerprint density at radius 2 is 1.83 bits per heavy atom. The van der Waals surface area contributed by atoms with Crippen LogP contribution in [0.25, 0.3) is 0 Å². The van der Waals surface area contributed by atoms with E-state index in [9.17, 15) is 4.39 Å². The normalized spacial score (nSPS) is 13.6. The van der Waals surface area contributed by atoms with Crippen LogP contribution in [0.15, 0.2) is 29.6 Å². The van der Waals surface area contributed by atoms with Crippen molar-refractivity contribution in [2.75, 3.05) is 0 Å². The van der Waals surface area contributed by atoms with Crippen LogP contribution >= 0.6 is 11.3 Å². The van der Waals surface area contributed by atoms with E-state index in [1.54, 1.807) is 23.5 Å². The summed E-state index contributed by atoms with van der Waals surface area (Å²) in [6, 6.07) is 5.98. The van der Waals surface area contributed by atoms with E-state index >= 15 is 0 Å². The van der Waals surface area contributed by atoms with Gasteiger partial charge in [-0.2, -0.15) is 0 Å². The predicted molar refractivity (Wildman–Crippen MR) is 73.2 cm³/mol.